The second kappa shape index (κ2) is 9.24. The Balaban J connectivity index is 2.65. The number of sulfonamides is 1. The van der Waals surface area contributed by atoms with Gasteiger partial charge in [-0.15, -0.1) is 0 Å². The molecule has 0 saturated heterocycles. The van der Waals surface area contributed by atoms with Gasteiger partial charge in [-0.1, -0.05) is 39.5 Å². The van der Waals surface area contributed by atoms with Gasteiger partial charge >= 0.3 is 0 Å². The van der Waals surface area contributed by atoms with E-state index in [1.807, 2.05) is 13.8 Å². The number of carbonyl (C=O) groups is 1. The standard InChI is InChI=1S/C15H25N3O3S2/c1-5-18(6-2)23(20,21)13-7-8-15(17-10-13)22-11-14(19)16-9-12(3)4/h7-8,10,12H,5-6,9,11H2,1-4H3,(H,16,19). The van der Waals surface area contributed by atoms with E-state index in [9.17, 15) is 13.2 Å². The number of thioether (sulfide) groups is 1. The van der Waals surface area contributed by atoms with Crippen molar-refractivity contribution in [3.8, 4) is 0 Å². The lowest BCUT2D eigenvalue weighted by molar-refractivity contribution is -0.118. The summed E-state index contributed by atoms with van der Waals surface area (Å²) < 4.78 is 26.1. The largest absolute Gasteiger partial charge is 0.355 e. The fourth-order valence-electron chi connectivity index (χ4n) is 1.83. The molecule has 0 aliphatic rings. The summed E-state index contributed by atoms with van der Waals surface area (Å²) in [6.45, 7) is 9.15. The minimum atomic E-state index is -3.49. The quantitative estimate of drug-likeness (QED) is 0.682. The van der Waals surface area contributed by atoms with E-state index in [1.54, 1.807) is 19.9 Å². The van der Waals surface area contributed by atoms with Gasteiger partial charge in [0.25, 0.3) is 0 Å². The first-order valence-electron chi connectivity index (χ1n) is 7.66. The molecule has 0 saturated carbocycles. The fraction of sp³-hybridized carbons (Fsp3) is 0.600. The summed E-state index contributed by atoms with van der Waals surface area (Å²) in [7, 11) is -3.49. The van der Waals surface area contributed by atoms with Crippen molar-refractivity contribution in [3.63, 3.8) is 0 Å². The van der Waals surface area contributed by atoms with Crippen molar-refractivity contribution in [1.29, 1.82) is 0 Å². The Hall–Kier alpha value is -1.12. The van der Waals surface area contributed by atoms with Gasteiger partial charge in [0.2, 0.25) is 15.9 Å². The van der Waals surface area contributed by atoms with E-state index in [-0.39, 0.29) is 16.6 Å². The first kappa shape index (κ1) is 19.9. The van der Waals surface area contributed by atoms with Crippen LogP contribution in [0.15, 0.2) is 28.3 Å². The highest BCUT2D eigenvalue weighted by atomic mass is 32.2. The van der Waals surface area contributed by atoms with E-state index in [4.69, 9.17) is 0 Å². The van der Waals surface area contributed by atoms with E-state index >= 15 is 0 Å². The Morgan fingerprint density at radius 3 is 2.43 bits per heavy atom. The second-order valence-corrected chi connectivity index (χ2v) is 8.34. The topological polar surface area (TPSA) is 79.4 Å². The molecule has 1 aromatic heterocycles. The Kier molecular flexibility index (Phi) is 8.01. The molecular weight excluding hydrogens is 334 g/mol. The number of amides is 1. The predicted molar refractivity (Wildman–Crippen MR) is 92.9 cm³/mol. The summed E-state index contributed by atoms with van der Waals surface area (Å²) in [6.07, 6.45) is 1.35. The maximum absolute atomic E-state index is 12.3. The Morgan fingerprint density at radius 1 is 1.30 bits per heavy atom. The third-order valence-corrected chi connectivity index (χ3v) is 6.09. The first-order chi connectivity index (χ1) is 10.8. The van der Waals surface area contributed by atoms with Crippen molar-refractivity contribution >= 4 is 27.7 Å². The van der Waals surface area contributed by atoms with Gasteiger partial charge in [-0.2, -0.15) is 4.31 Å². The van der Waals surface area contributed by atoms with Crippen LogP contribution in [0.1, 0.15) is 27.7 Å². The van der Waals surface area contributed by atoms with Crippen molar-refractivity contribution in [2.45, 2.75) is 37.6 Å². The third-order valence-electron chi connectivity index (χ3n) is 3.11. The molecule has 130 valence electrons. The zero-order valence-electron chi connectivity index (χ0n) is 14.1. The SMILES string of the molecule is CCN(CC)S(=O)(=O)c1ccc(SCC(=O)NCC(C)C)nc1. The lowest BCUT2D eigenvalue weighted by Crippen LogP contribution is -2.30. The summed E-state index contributed by atoms with van der Waals surface area (Å²) in [6, 6.07) is 3.17. The molecule has 0 radical (unpaired) electrons. The second-order valence-electron chi connectivity index (χ2n) is 5.41. The summed E-state index contributed by atoms with van der Waals surface area (Å²) in [5.74, 6) is 0.624. The van der Waals surface area contributed by atoms with Crippen molar-refractivity contribution < 1.29 is 13.2 Å². The summed E-state index contributed by atoms with van der Waals surface area (Å²) in [4.78, 5) is 16.0. The number of hydrogen-bond donors (Lipinski definition) is 1. The van der Waals surface area contributed by atoms with Crippen molar-refractivity contribution in [1.82, 2.24) is 14.6 Å². The molecular formula is C15H25N3O3S2. The zero-order chi connectivity index (χ0) is 17.5. The minimum absolute atomic E-state index is 0.0506. The molecule has 1 heterocycles. The van der Waals surface area contributed by atoms with Crippen molar-refractivity contribution in [3.05, 3.63) is 18.3 Å². The molecule has 0 spiro atoms. The number of nitrogens with zero attached hydrogens (tertiary/aromatic N) is 2. The molecule has 0 bridgehead atoms. The van der Waals surface area contributed by atoms with E-state index in [0.29, 0.717) is 30.6 Å². The average Bonchev–Trinajstić information content (AvgIpc) is 2.52. The summed E-state index contributed by atoms with van der Waals surface area (Å²) >= 11 is 1.29. The Morgan fingerprint density at radius 2 is 1.96 bits per heavy atom. The third kappa shape index (κ3) is 6.12. The van der Waals surface area contributed by atoms with Gasteiger partial charge in [-0.25, -0.2) is 13.4 Å². The summed E-state index contributed by atoms with van der Waals surface area (Å²) in [5, 5.41) is 3.46. The maximum atomic E-state index is 12.3. The van der Waals surface area contributed by atoms with Crippen molar-refractivity contribution in [2.75, 3.05) is 25.4 Å². The smallest absolute Gasteiger partial charge is 0.244 e. The lowest BCUT2D eigenvalue weighted by atomic mass is 10.2. The van der Waals surface area contributed by atoms with Gasteiger partial charge in [-0.3, -0.25) is 4.79 Å². The van der Waals surface area contributed by atoms with Crippen LogP contribution in [0.5, 0.6) is 0 Å². The Bertz CT molecular complexity index is 597. The normalized spacial score (nSPS) is 11.9. The van der Waals surface area contributed by atoms with Gasteiger partial charge in [0, 0.05) is 25.8 Å². The number of nitrogens with one attached hydrogen (secondary N) is 1. The van der Waals surface area contributed by atoms with E-state index in [2.05, 4.69) is 10.3 Å². The number of aromatic nitrogens is 1. The minimum Gasteiger partial charge on any atom is -0.355 e. The number of hydrogen-bond acceptors (Lipinski definition) is 5. The van der Waals surface area contributed by atoms with E-state index in [0.717, 1.165) is 0 Å². The zero-order valence-corrected chi connectivity index (χ0v) is 15.7. The Labute approximate surface area is 143 Å². The highest BCUT2D eigenvalue weighted by Crippen LogP contribution is 2.19. The molecule has 23 heavy (non-hydrogen) atoms. The van der Waals surface area contributed by atoms with Crippen LogP contribution in [0, 0.1) is 5.92 Å². The molecule has 0 aliphatic heterocycles. The predicted octanol–water partition coefficient (Wildman–Crippen LogP) is 1.98. The van der Waals surface area contributed by atoms with Gasteiger partial charge < -0.3 is 5.32 Å². The van der Waals surface area contributed by atoms with Crippen LogP contribution >= 0.6 is 11.8 Å². The summed E-state index contributed by atoms with van der Waals surface area (Å²) in [5.41, 5.74) is 0. The monoisotopic (exact) mass is 359 g/mol. The highest BCUT2D eigenvalue weighted by Gasteiger charge is 2.21. The number of carbonyl (C=O) groups excluding carboxylic acids is 1. The van der Waals surface area contributed by atoms with Crippen LogP contribution in [0.2, 0.25) is 0 Å². The molecule has 1 N–H and O–H groups in total. The molecule has 1 rings (SSSR count). The molecule has 1 amide bonds. The number of rotatable bonds is 9. The molecule has 8 heteroatoms. The van der Waals surface area contributed by atoms with Gasteiger partial charge in [-0.05, 0) is 18.1 Å². The number of pyridine rings is 1. The van der Waals surface area contributed by atoms with Crippen LogP contribution in [-0.2, 0) is 14.8 Å². The maximum Gasteiger partial charge on any atom is 0.244 e. The van der Waals surface area contributed by atoms with Crippen molar-refractivity contribution in [2.24, 2.45) is 5.92 Å². The van der Waals surface area contributed by atoms with E-state index in [1.165, 1.54) is 28.3 Å². The average molecular weight is 360 g/mol. The first-order valence-corrected chi connectivity index (χ1v) is 10.1. The molecule has 0 aromatic carbocycles. The molecule has 0 aliphatic carbocycles. The van der Waals surface area contributed by atoms with E-state index < -0.39 is 10.0 Å². The van der Waals surface area contributed by atoms with Crippen LogP contribution in [0.25, 0.3) is 0 Å². The lowest BCUT2D eigenvalue weighted by Gasteiger charge is -2.18. The van der Waals surface area contributed by atoms with Crippen LogP contribution in [0.4, 0.5) is 0 Å². The molecule has 0 atom stereocenters. The van der Waals surface area contributed by atoms with Crippen LogP contribution in [-0.4, -0.2) is 49.0 Å². The van der Waals surface area contributed by atoms with Gasteiger partial charge in [0.05, 0.1) is 10.8 Å². The van der Waals surface area contributed by atoms with Gasteiger partial charge in [0.15, 0.2) is 0 Å². The highest BCUT2D eigenvalue weighted by molar-refractivity contribution is 7.99. The fourth-order valence-corrected chi connectivity index (χ4v) is 3.90. The molecule has 1 aromatic rings. The van der Waals surface area contributed by atoms with Crippen LogP contribution < -0.4 is 5.32 Å². The van der Waals surface area contributed by atoms with Crippen LogP contribution in [0.3, 0.4) is 0 Å². The molecule has 0 unspecified atom stereocenters. The van der Waals surface area contributed by atoms with Gasteiger partial charge in [0.1, 0.15) is 4.90 Å². The molecule has 6 nitrogen and oxygen atoms in total. The molecule has 0 fully saturated rings.